The van der Waals surface area contributed by atoms with Gasteiger partial charge in [0.05, 0.1) is 20.8 Å². The van der Waals surface area contributed by atoms with E-state index in [9.17, 15) is 14.3 Å². The molecule has 2 aromatic carbocycles. The van der Waals surface area contributed by atoms with Crippen molar-refractivity contribution in [2.75, 3.05) is 27.4 Å². The number of benzene rings is 2. The first-order valence-electron chi connectivity index (χ1n) is 7.45. The largest absolute Gasteiger partial charge is 0.497 e. The van der Waals surface area contributed by atoms with Crippen molar-refractivity contribution in [1.82, 2.24) is 4.90 Å². The predicted octanol–water partition coefficient (Wildman–Crippen LogP) is 2.48. The van der Waals surface area contributed by atoms with E-state index in [0.717, 1.165) is 5.56 Å². The van der Waals surface area contributed by atoms with Gasteiger partial charge in [-0.1, -0.05) is 6.07 Å². The van der Waals surface area contributed by atoms with Gasteiger partial charge in [0.1, 0.15) is 17.3 Å². The maximum absolute atomic E-state index is 13.4. The van der Waals surface area contributed by atoms with Gasteiger partial charge in [-0.15, -0.1) is 0 Å². The van der Waals surface area contributed by atoms with Gasteiger partial charge in [-0.25, -0.2) is 4.39 Å². The fraction of sp³-hybridized carbons (Fsp3) is 0.278. The van der Waals surface area contributed by atoms with Crippen LogP contribution in [0.3, 0.4) is 0 Å². The van der Waals surface area contributed by atoms with Crippen LogP contribution in [0.2, 0.25) is 0 Å². The topological polar surface area (TPSA) is 59.0 Å². The van der Waals surface area contributed by atoms with Gasteiger partial charge in [-0.2, -0.15) is 0 Å². The SMILES string of the molecule is COc1ccc(CN(CCO)C(=O)c2cccc(F)c2)c(OC)c1. The van der Waals surface area contributed by atoms with Crippen molar-refractivity contribution in [3.63, 3.8) is 0 Å². The fourth-order valence-electron chi connectivity index (χ4n) is 2.37. The van der Waals surface area contributed by atoms with Crippen LogP contribution in [0.15, 0.2) is 42.5 Å². The van der Waals surface area contributed by atoms with E-state index in [1.807, 2.05) is 0 Å². The van der Waals surface area contributed by atoms with E-state index in [1.165, 1.54) is 30.2 Å². The Morgan fingerprint density at radius 3 is 2.58 bits per heavy atom. The maximum atomic E-state index is 13.4. The molecule has 0 aliphatic carbocycles. The summed E-state index contributed by atoms with van der Waals surface area (Å²) in [6.45, 7) is 0.160. The summed E-state index contributed by atoms with van der Waals surface area (Å²) in [4.78, 5) is 14.0. The van der Waals surface area contributed by atoms with Gasteiger partial charge in [-0.3, -0.25) is 4.79 Å². The van der Waals surface area contributed by atoms with Crippen LogP contribution < -0.4 is 9.47 Å². The lowest BCUT2D eigenvalue weighted by atomic mass is 10.1. The first kappa shape index (κ1) is 17.7. The lowest BCUT2D eigenvalue weighted by Gasteiger charge is -2.23. The average Bonchev–Trinajstić information content (AvgIpc) is 2.61. The molecule has 0 fully saturated rings. The number of aliphatic hydroxyl groups excluding tert-OH is 1. The molecule has 1 N–H and O–H groups in total. The molecule has 5 nitrogen and oxygen atoms in total. The number of carbonyl (C=O) groups is 1. The van der Waals surface area contributed by atoms with Gasteiger partial charge in [0.25, 0.3) is 5.91 Å². The van der Waals surface area contributed by atoms with Crippen molar-refractivity contribution in [3.05, 3.63) is 59.4 Å². The highest BCUT2D eigenvalue weighted by Gasteiger charge is 2.18. The zero-order valence-corrected chi connectivity index (χ0v) is 13.7. The summed E-state index contributed by atoms with van der Waals surface area (Å²) < 4.78 is 23.8. The molecule has 6 heteroatoms. The molecule has 0 saturated heterocycles. The summed E-state index contributed by atoms with van der Waals surface area (Å²) in [6.07, 6.45) is 0. The van der Waals surface area contributed by atoms with Crippen LogP contribution in [0.1, 0.15) is 15.9 Å². The van der Waals surface area contributed by atoms with Crippen LogP contribution in [-0.2, 0) is 6.54 Å². The van der Waals surface area contributed by atoms with Crippen LogP contribution >= 0.6 is 0 Å². The van der Waals surface area contributed by atoms with Crippen LogP contribution in [-0.4, -0.2) is 43.3 Å². The Bertz CT molecular complexity index is 705. The van der Waals surface area contributed by atoms with E-state index in [2.05, 4.69) is 0 Å². The molecule has 0 heterocycles. The number of hydrogen-bond acceptors (Lipinski definition) is 4. The van der Waals surface area contributed by atoms with Crippen LogP contribution in [0.5, 0.6) is 11.5 Å². The third kappa shape index (κ3) is 4.23. The molecule has 1 amide bonds. The zero-order valence-electron chi connectivity index (χ0n) is 13.7. The van der Waals surface area contributed by atoms with Crippen molar-refractivity contribution < 1.29 is 23.8 Å². The zero-order chi connectivity index (χ0) is 17.5. The number of hydrogen-bond donors (Lipinski definition) is 1. The Kier molecular flexibility index (Phi) is 6.14. The van der Waals surface area contributed by atoms with E-state index < -0.39 is 5.82 Å². The van der Waals surface area contributed by atoms with Gasteiger partial charge in [0.15, 0.2) is 0 Å². The molecule has 0 aromatic heterocycles. The van der Waals surface area contributed by atoms with Crippen LogP contribution in [0.4, 0.5) is 4.39 Å². The normalized spacial score (nSPS) is 10.3. The molecule has 2 rings (SSSR count). The van der Waals surface area contributed by atoms with E-state index in [-0.39, 0.29) is 31.2 Å². The average molecular weight is 333 g/mol. The summed E-state index contributed by atoms with van der Waals surface area (Å²) in [5.74, 6) is 0.373. The summed E-state index contributed by atoms with van der Waals surface area (Å²) in [5.41, 5.74) is 0.993. The van der Waals surface area contributed by atoms with Crippen molar-refractivity contribution in [1.29, 1.82) is 0 Å². The highest BCUT2D eigenvalue weighted by molar-refractivity contribution is 5.94. The molecule has 128 valence electrons. The van der Waals surface area contributed by atoms with Crippen molar-refractivity contribution in [2.45, 2.75) is 6.54 Å². The highest BCUT2D eigenvalue weighted by atomic mass is 19.1. The fourth-order valence-corrected chi connectivity index (χ4v) is 2.37. The minimum absolute atomic E-state index is 0.129. The van der Waals surface area contributed by atoms with Crippen molar-refractivity contribution in [3.8, 4) is 11.5 Å². The number of aliphatic hydroxyl groups is 1. The van der Waals surface area contributed by atoms with Gasteiger partial charge in [0.2, 0.25) is 0 Å². The first-order chi connectivity index (χ1) is 11.6. The number of halogens is 1. The molecule has 0 saturated carbocycles. The molecule has 2 aromatic rings. The monoisotopic (exact) mass is 333 g/mol. The minimum atomic E-state index is -0.480. The van der Waals surface area contributed by atoms with Gasteiger partial charge >= 0.3 is 0 Å². The Hall–Kier alpha value is -2.60. The second-order valence-electron chi connectivity index (χ2n) is 5.14. The predicted molar refractivity (Wildman–Crippen MR) is 87.8 cm³/mol. The van der Waals surface area contributed by atoms with Crippen LogP contribution in [0.25, 0.3) is 0 Å². The number of rotatable bonds is 7. The molecule has 0 aliphatic heterocycles. The minimum Gasteiger partial charge on any atom is -0.497 e. The molecule has 0 unspecified atom stereocenters. The Morgan fingerprint density at radius 1 is 1.17 bits per heavy atom. The van der Waals surface area contributed by atoms with E-state index >= 15 is 0 Å². The van der Waals surface area contributed by atoms with Gasteiger partial charge in [-0.05, 0) is 30.3 Å². The molecule has 24 heavy (non-hydrogen) atoms. The van der Waals surface area contributed by atoms with E-state index in [0.29, 0.717) is 11.5 Å². The quantitative estimate of drug-likeness (QED) is 0.846. The van der Waals surface area contributed by atoms with Crippen molar-refractivity contribution >= 4 is 5.91 Å². The highest BCUT2D eigenvalue weighted by Crippen LogP contribution is 2.26. The Morgan fingerprint density at radius 2 is 1.96 bits per heavy atom. The maximum Gasteiger partial charge on any atom is 0.254 e. The van der Waals surface area contributed by atoms with Crippen molar-refractivity contribution in [2.24, 2.45) is 0 Å². The lowest BCUT2D eigenvalue weighted by Crippen LogP contribution is -2.33. The smallest absolute Gasteiger partial charge is 0.254 e. The molecule has 0 spiro atoms. The van der Waals surface area contributed by atoms with Gasteiger partial charge in [0, 0.05) is 30.3 Å². The second kappa shape index (κ2) is 8.31. The number of ether oxygens (including phenoxy) is 2. The summed E-state index contributed by atoms with van der Waals surface area (Å²) in [7, 11) is 3.09. The van der Waals surface area contributed by atoms with E-state index in [1.54, 1.807) is 31.4 Å². The summed E-state index contributed by atoms with van der Waals surface area (Å²) in [6, 6.07) is 10.8. The first-order valence-corrected chi connectivity index (χ1v) is 7.45. The van der Waals surface area contributed by atoms with Gasteiger partial charge < -0.3 is 19.5 Å². The molecule has 0 aliphatic rings. The standard InChI is InChI=1S/C18H20FNO4/c1-23-16-7-6-14(17(11-16)24-2)12-20(8-9-21)18(22)13-4-3-5-15(19)10-13/h3-7,10-11,21H,8-9,12H2,1-2H3. The molecule has 0 radical (unpaired) electrons. The van der Waals surface area contributed by atoms with E-state index in [4.69, 9.17) is 9.47 Å². The molecular formula is C18H20FNO4. The number of nitrogens with zero attached hydrogens (tertiary/aromatic N) is 1. The third-order valence-corrected chi connectivity index (χ3v) is 3.58. The molecular weight excluding hydrogens is 313 g/mol. The number of amides is 1. The summed E-state index contributed by atoms with van der Waals surface area (Å²) in [5, 5.41) is 9.25. The Balaban J connectivity index is 2.27. The third-order valence-electron chi connectivity index (χ3n) is 3.58. The number of carbonyl (C=O) groups excluding carboxylic acids is 1. The Labute approximate surface area is 140 Å². The second-order valence-corrected chi connectivity index (χ2v) is 5.14. The number of methoxy groups -OCH3 is 2. The molecule has 0 atom stereocenters. The summed E-state index contributed by atoms with van der Waals surface area (Å²) >= 11 is 0. The van der Waals surface area contributed by atoms with Crippen LogP contribution in [0, 0.1) is 5.82 Å². The lowest BCUT2D eigenvalue weighted by molar-refractivity contribution is 0.0706. The molecule has 0 bridgehead atoms.